The number of allylic oxidation sites excluding steroid dienone is 4. The minimum Gasteiger partial charge on any atom is -0.507 e. The number of hydrogen-bond donors (Lipinski definition) is 3. The predicted octanol–water partition coefficient (Wildman–Crippen LogP) is 5.25. The molecule has 0 radical (unpaired) electrons. The number of phenolic OH excluding ortho intramolecular Hbond substituents is 1. The van der Waals surface area contributed by atoms with Crippen molar-refractivity contribution < 1.29 is 52.8 Å². The Labute approximate surface area is 292 Å². The molecule has 2 heterocycles. The van der Waals surface area contributed by atoms with Crippen LogP contribution >= 0.6 is 0 Å². The number of carbonyl (C=O) groups is 4. The maximum Gasteiger partial charge on any atom is 0.302 e. The Morgan fingerprint density at radius 1 is 1.06 bits per heavy atom. The summed E-state index contributed by atoms with van der Waals surface area (Å²) in [7, 11) is 3.09. The van der Waals surface area contributed by atoms with E-state index in [1.54, 1.807) is 66.2 Å². The zero-order valence-corrected chi connectivity index (χ0v) is 30.4. The van der Waals surface area contributed by atoms with Gasteiger partial charge in [-0.2, -0.15) is 0 Å². The number of ketones is 2. The quantitative estimate of drug-likeness (QED) is 0.151. The zero-order valence-electron chi connectivity index (χ0n) is 30.4. The number of carbonyl (C=O) groups excluding carboxylic acids is 4. The van der Waals surface area contributed by atoms with E-state index in [1.807, 2.05) is 20.8 Å². The first-order valence-corrected chi connectivity index (χ1v) is 16.8. The van der Waals surface area contributed by atoms with E-state index >= 15 is 0 Å². The van der Waals surface area contributed by atoms with Crippen LogP contribution in [0.15, 0.2) is 46.1 Å². The van der Waals surface area contributed by atoms with E-state index in [1.165, 1.54) is 6.92 Å². The maximum atomic E-state index is 13.4. The van der Waals surface area contributed by atoms with Crippen molar-refractivity contribution >= 4 is 34.4 Å². The topological polar surface area (TPSA) is 171 Å². The van der Waals surface area contributed by atoms with Crippen molar-refractivity contribution in [1.82, 2.24) is 5.32 Å². The van der Waals surface area contributed by atoms with Gasteiger partial charge < -0.3 is 38.9 Å². The summed E-state index contributed by atoms with van der Waals surface area (Å²) in [4.78, 5) is 51.6. The Morgan fingerprint density at radius 2 is 1.72 bits per heavy atom. The molecule has 8 atom stereocenters. The van der Waals surface area contributed by atoms with Gasteiger partial charge in [-0.15, -0.1) is 0 Å². The van der Waals surface area contributed by atoms with Gasteiger partial charge in [0.15, 0.2) is 12.1 Å². The number of methoxy groups -OCH3 is 2. The number of aryl methyl sites for hydroxylation is 2. The molecule has 0 saturated carbocycles. The van der Waals surface area contributed by atoms with Crippen molar-refractivity contribution in [2.45, 2.75) is 92.5 Å². The predicted molar refractivity (Wildman–Crippen MR) is 184 cm³/mol. The van der Waals surface area contributed by atoms with Gasteiger partial charge in [0.2, 0.25) is 11.7 Å². The Hall–Kier alpha value is -4.10. The standard InChI is InChI=1S/C38H49NO11/c1-17(32(42)21(5)36-23(7)35(49-24(8)40)20(4)28(50-36)16-29(46-9)47-10)12-11-13-18(2)38(45)39-26-15-27(41)30-25-14-19(3)48-37(25)22(6)33(43)31(30)34(26)44/h11-15,18,20-21,23,28-29,32,35-36,42-43H,16H2,1-10H3,(H,39,45)/b13-11+,17-12+. The number of nitrogens with one attached hydrogen (secondary N) is 1. The minimum atomic E-state index is -0.929. The fourth-order valence-corrected chi connectivity index (χ4v) is 6.99. The van der Waals surface area contributed by atoms with Crippen LogP contribution in [0.2, 0.25) is 0 Å². The van der Waals surface area contributed by atoms with Crippen LogP contribution in [-0.2, 0) is 28.5 Å². The summed E-state index contributed by atoms with van der Waals surface area (Å²) in [5.41, 5.74) is 0.902. The SMILES string of the molecule is COC(CC1OC(C(C)C(O)/C(C)=C/C=C/C(C)C(=O)NC2=CC(=O)c3c(c(O)c(C)c4oc(C)cc34)C2=O)C(C)C(OC(C)=O)C1C)OC. The summed E-state index contributed by atoms with van der Waals surface area (Å²) in [6, 6.07) is 1.64. The number of aliphatic hydroxyl groups is 1. The van der Waals surface area contributed by atoms with Gasteiger partial charge in [0.25, 0.3) is 0 Å². The number of Topliss-reactive ketones (excluding diaryl/α,β-unsaturated/α-hetero) is 1. The van der Waals surface area contributed by atoms with Crippen LogP contribution in [-0.4, -0.2) is 78.6 Å². The van der Waals surface area contributed by atoms with Crippen LogP contribution in [0.1, 0.15) is 80.0 Å². The van der Waals surface area contributed by atoms with Crippen molar-refractivity contribution in [1.29, 1.82) is 0 Å². The van der Waals surface area contributed by atoms with E-state index in [0.717, 1.165) is 6.08 Å². The molecule has 12 heteroatoms. The van der Waals surface area contributed by atoms with Crippen molar-refractivity contribution in [2.75, 3.05) is 14.2 Å². The van der Waals surface area contributed by atoms with Gasteiger partial charge in [0.1, 0.15) is 23.2 Å². The van der Waals surface area contributed by atoms with Crippen LogP contribution in [0.25, 0.3) is 11.0 Å². The number of rotatable bonds is 12. The third-order valence-corrected chi connectivity index (χ3v) is 9.94. The Kier molecular flexibility index (Phi) is 12.3. The Morgan fingerprint density at radius 3 is 2.34 bits per heavy atom. The fraction of sp³-hybridized carbons (Fsp3) is 0.526. The van der Waals surface area contributed by atoms with E-state index in [4.69, 9.17) is 23.4 Å². The average Bonchev–Trinajstić information content (AvgIpc) is 3.46. The lowest BCUT2D eigenvalue weighted by Crippen LogP contribution is -2.55. The normalized spacial score (nSPS) is 24.7. The van der Waals surface area contributed by atoms with Gasteiger partial charge in [-0.05, 0) is 32.4 Å². The number of amides is 1. The molecule has 8 unspecified atom stereocenters. The van der Waals surface area contributed by atoms with Crippen LogP contribution < -0.4 is 5.32 Å². The van der Waals surface area contributed by atoms with E-state index in [0.29, 0.717) is 34.3 Å². The van der Waals surface area contributed by atoms with Gasteiger partial charge in [0, 0.05) is 67.9 Å². The van der Waals surface area contributed by atoms with Crippen molar-refractivity contribution in [2.24, 2.45) is 23.7 Å². The van der Waals surface area contributed by atoms with Crippen molar-refractivity contribution in [3.05, 3.63) is 64.1 Å². The highest BCUT2D eigenvalue weighted by atomic mass is 16.7. The monoisotopic (exact) mass is 695 g/mol. The molecule has 3 N–H and O–H groups in total. The molecule has 1 aliphatic heterocycles. The molecule has 12 nitrogen and oxygen atoms in total. The molecule has 1 fully saturated rings. The van der Waals surface area contributed by atoms with E-state index in [2.05, 4.69) is 5.32 Å². The largest absolute Gasteiger partial charge is 0.507 e. The molecule has 0 spiro atoms. The molecular weight excluding hydrogens is 646 g/mol. The first-order valence-electron chi connectivity index (χ1n) is 16.8. The lowest BCUT2D eigenvalue weighted by molar-refractivity contribution is -0.221. The number of phenols is 1. The van der Waals surface area contributed by atoms with E-state index in [9.17, 15) is 29.4 Å². The second kappa shape index (κ2) is 15.8. The number of aliphatic hydroxyl groups excluding tert-OH is 1. The van der Waals surface area contributed by atoms with Gasteiger partial charge >= 0.3 is 5.97 Å². The van der Waals surface area contributed by atoms with Gasteiger partial charge in [-0.1, -0.05) is 45.9 Å². The smallest absolute Gasteiger partial charge is 0.302 e. The molecule has 272 valence electrons. The molecule has 1 aliphatic carbocycles. The minimum absolute atomic E-state index is 0.0402. The van der Waals surface area contributed by atoms with Crippen LogP contribution in [0.3, 0.4) is 0 Å². The number of benzene rings is 1. The molecule has 4 rings (SSSR count). The highest BCUT2D eigenvalue weighted by molar-refractivity contribution is 6.30. The maximum absolute atomic E-state index is 13.4. The summed E-state index contributed by atoms with van der Waals surface area (Å²) in [5, 5.41) is 25.2. The highest BCUT2D eigenvalue weighted by Crippen LogP contribution is 2.41. The van der Waals surface area contributed by atoms with E-state index < -0.39 is 59.9 Å². The highest BCUT2D eigenvalue weighted by Gasteiger charge is 2.47. The van der Waals surface area contributed by atoms with Crippen molar-refractivity contribution in [3.63, 3.8) is 0 Å². The zero-order chi connectivity index (χ0) is 37.2. The number of aromatic hydroxyl groups is 1. The fourth-order valence-electron chi connectivity index (χ4n) is 6.99. The molecule has 1 aromatic heterocycles. The lowest BCUT2D eigenvalue weighted by Gasteiger charge is -2.47. The first-order chi connectivity index (χ1) is 23.5. The number of hydrogen-bond acceptors (Lipinski definition) is 11. The summed E-state index contributed by atoms with van der Waals surface area (Å²) < 4.78 is 28.7. The summed E-state index contributed by atoms with van der Waals surface area (Å²) in [6.45, 7) is 13.8. The number of furan rings is 1. The second-order valence-electron chi connectivity index (χ2n) is 13.5. The van der Waals surface area contributed by atoms with Crippen molar-refractivity contribution in [3.8, 4) is 5.75 Å². The molecule has 1 saturated heterocycles. The number of fused-ring (bicyclic) bond motifs is 3. The molecule has 2 aliphatic rings. The van der Waals surface area contributed by atoms with Gasteiger partial charge in [-0.3, -0.25) is 19.2 Å². The lowest BCUT2D eigenvalue weighted by atomic mass is 9.76. The number of esters is 1. The van der Waals surface area contributed by atoms with Crippen LogP contribution in [0.4, 0.5) is 0 Å². The van der Waals surface area contributed by atoms with Crippen LogP contribution in [0, 0.1) is 37.5 Å². The Bertz CT molecular complexity index is 1730. The molecule has 0 bridgehead atoms. The molecule has 1 amide bonds. The van der Waals surface area contributed by atoms with Gasteiger partial charge in [-0.25, -0.2) is 0 Å². The van der Waals surface area contributed by atoms with Gasteiger partial charge in [0.05, 0.1) is 35.5 Å². The third-order valence-electron chi connectivity index (χ3n) is 9.94. The van der Waals surface area contributed by atoms with E-state index in [-0.39, 0.29) is 40.5 Å². The summed E-state index contributed by atoms with van der Waals surface area (Å²) in [5.74, 6) is -3.47. The third kappa shape index (κ3) is 7.78. The molecular formula is C38H49NO11. The molecule has 1 aromatic carbocycles. The first kappa shape index (κ1) is 38.7. The van der Waals surface area contributed by atoms with Crippen LogP contribution in [0.5, 0.6) is 5.75 Å². The number of ether oxygens (including phenoxy) is 4. The summed E-state index contributed by atoms with van der Waals surface area (Å²) in [6.07, 6.45) is 3.69. The second-order valence-corrected chi connectivity index (χ2v) is 13.5. The molecule has 50 heavy (non-hydrogen) atoms. The summed E-state index contributed by atoms with van der Waals surface area (Å²) >= 11 is 0. The Balaban J connectivity index is 1.45. The molecule has 2 aromatic rings. The average molecular weight is 696 g/mol.